The Balaban J connectivity index is 0.000000451. The Morgan fingerprint density at radius 2 is 0.724 bits per heavy atom. The molecule has 3 aromatic rings. The van der Waals surface area contributed by atoms with Gasteiger partial charge in [0.2, 0.25) is 0 Å². The molecule has 0 fully saturated rings. The summed E-state index contributed by atoms with van der Waals surface area (Å²) >= 11 is 0. The molecule has 0 saturated carbocycles. The molecular formula is C12H8F12N2P2Ru. The van der Waals surface area contributed by atoms with Crippen LogP contribution in [-0.4, -0.2) is 9.97 Å². The summed E-state index contributed by atoms with van der Waals surface area (Å²) in [5.41, 5.74) is 1.95. The van der Waals surface area contributed by atoms with Gasteiger partial charge in [-0.2, -0.15) is 0 Å². The third-order valence-electron chi connectivity index (χ3n) is 2.34. The second-order valence-corrected chi connectivity index (χ2v) is 8.97. The molecule has 0 amide bonds. The number of halogens is 12. The molecule has 0 bridgehead atoms. The predicted octanol–water partition coefficient (Wildman–Crippen LogP) is 9.55. The Hall–Kier alpha value is -1.32. The minimum absolute atomic E-state index is 0. The molecule has 2 heterocycles. The Morgan fingerprint density at radius 3 is 0.966 bits per heavy atom. The van der Waals surface area contributed by atoms with Crippen LogP contribution in [0.15, 0.2) is 48.8 Å². The van der Waals surface area contributed by atoms with Gasteiger partial charge in [-0.05, 0) is 12.1 Å². The normalized spacial score (nSPS) is 16.4. The van der Waals surface area contributed by atoms with Crippen LogP contribution in [0.4, 0.5) is 50.4 Å². The van der Waals surface area contributed by atoms with Gasteiger partial charge in [0.15, 0.2) is 0 Å². The van der Waals surface area contributed by atoms with Crippen molar-refractivity contribution in [3.05, 3.63) is 48.8 Å². The van der Waals surface area contributed by atoms with Crippen LogP contribution in [0.1, 0.15) is 0 Å². The monoisotopic (exact) mass is 572 g/mol. The van der Waals surface area contributed by atoms with E-state index >= 15 is 0 Å². The summed E-state index contributed by atoms with van der Waals surface area (Å²) in [6, 6.07) is 12.1. The topological polar surface area (TPSA) is 25.8 Å². The Bertz CT molecular complexity index is 897. The van der Waals surface area contributed by atoms with E-state index in [1.807, 2.05) is 12.1 Å². The van der Waals surface area contributed by atoms with Crippen molar-refractivity contribution in [1.29, 1.82) is 0 Å². The van der Waals surface area contributed by atoms with Crippen LogP contribution in [0.2, 0.25) is 0 Å². The molecule has 0 spiro atoms. The summed E-state index contributed by atoms with van der Waals surface area (Å²) < 4.78 is 118. The van der Waals surface area contributed by atoms with Crippen molar-refractivity contribution >= 4 is 37.4 Å². The number of pyridine rings is 2. The molecule has 17 heteroatoms. The van der Waals surface area contributed by atoms with E-state index in [9.17, 15) is 50.4 Å². The zero-order valence-electron chi connectivity index (χ0n) is 13.3. The number of nitrogens with zero attached hydrogens (tertiary/aromatic N) is 2. The summed E-state index contributed by atoms with van der Waals surface area (Å²) in [6.07, 6.45) is 3.60. The van der Waals surface area contributed by atoms with Gasteiger partial charge in [-0.3, -0.25) is 9.97 Å². The molecule has 2 nitrogen and oxygen atoms in total. The molecule has 2 aromatic heterocycles. The minimum Gasteiger partial charge on any atom is -0.254 e. The summed E-state index contributed by atoms with van der Waals surface area (Å²) in [6.45, 7) is 0. The quantitative estimate of drug-likeness (QED) is 0.116. The van der Waals surface area contributed by atoms with Gasteiger partial charge in [0, 0.05) is 23.2 Å². The molecule has 0 unspecified atom stereocenters. The van der Waals surface area contributed by atoms with Gasteiger partial charge in [0.1, 0.15) is 0 Å². The van der Waals surface area contributed by atoms with Crippen molar-refractivity contribution in [3.63, 3.8) is 0 Å². The number of aromatic nitrogens is 2. The maximum absolute atomic E-state index is 10.7. The van der Waals surface area contributed by atoms with Crippen molar-refractivity contribution in [2.24, 2.45) is 0 Å². The molecule has 29 heavy (non-hydrogen) atoms. The average molecular weight is 571 g/mol. The molecule has 0 aliphatic heterocycles. The molecule has 0 saturated heterocycles. The minimum atomic E-state index is -10.7. The first-order valence-electron chi connectivity index (χ1n) is 6.56. The summed E-state index contributed by atoms with van der Waals surface area (Å²) in [7, 11) is -21.3. The fraction of sp³-hybridized carbons (Fsp3) is 0. The standard InChI is InChI=1S/C12H8N2.2F6P.Ru/c1-3-9-5-6-10-4-2-8-14-12(10)11(9)13-7-1;2*1-7(2,3,4,5)6;/h1-8H;;;/q;2*-1;+2. The molecule has 168 valence electrons. The van der Waals surface area contributed by atoms with E-state index in [0.717, 1.165) is 21.8 Å². The molecule has 0 aliphatic rings. The maximum atomic E-state index is 9.87. The van der Waals surface area contributed by atoms with Gasteiger partial charge in [-0.25, -0.2) is 0 Å². The molecular weight excluding hydrogens is 563 g/mol. The SMILES string of the molecule is F[P-](F)(F)(F)(F)F.F[P-](F)(F)(F)(F)F.[Ru+2].c1cnc2c(c1)ccc1cccnc12. The van der Waals surface area contributed by atoms with Gasteiger partial charge >= 0.3 is 85.5 Å². The first-order valence-corrected chi connectivity index (χ1v) is 10.6. The third-order valence-corrected chi connectivity index (χ3v) is 2.34. The van der Waals surface area contributed by atoms with E-state index in [1.165, 1.54) is 0 Å². The van der Waals surface area contributed by atoms with E-state index in [1.54, 1.807) is 12.4 Å². The zero-order valence-corrected chi connectivity index (χ0v) is 16.8. The van der Waals surface area contributed by atoms with Crippen LogP contribution in [0.25, 0.3) is 21.8 Å². The fourth-order valence-corrected chi connectivity index (χ4v) is 1.68. The van der Waals surface area contributed by atoms with Gasteiger partial charge in [-0.1, -0.05) is 24.3 Å². The molecule has 0 atom stereocenters. The molecule has 0 radical (unpaired) electrons. The number of rotatable bonds is 0. The second kappa shape index (κ2) is 6.85. The van der Waals surface area contributed by atoms with Crippen LogP contribution in [-0.2, 0) is 19.5 Å². The van der Waals surface area contributed by atoms with Crippen molar-refractivity contribution < 1.29 is 69.8 Å². The van der Waals surface area contributed by atoms with Crippen molar-refractivity contribution in [1.82, 2.24) is 9.97 Å². The zero-order chi connectivity index (χ0) is 22.2. The fourth-order valence-electron chi connectivity index (χ4n) is 1.68. The van der Waals surface area contributed by atoms with E-state index in [2.05, 4.69) is 34.2 Å². The second-order valence-electron chi connectivity index (χ2n) is 5.13. The molecule has 0 aliphatic carbocycles. The van der Waals surface area contributed by atoms with E-state index in [4.69, 9.17) is 0 Å². The maximum Gasteiger partial charge on any atom is 2.00 e. The molecule has 1 aromatic carbocycles. The summed E-state index contributed by atoms with van der Waals surface area (Å²) in [5, 5.41) is 2.28. The van der Waals surface area contributed by atoms with E-state index in [-0.39, 0.29) is 19.5 Å². The van der Waals surface area contributed by atoms with E-state index in [0.29, 0.717) is 0 Å². The van der Waals surface area contributed by atoms with Crippen LogP contribution < -0.4 is 0 Å². The van der Waals surface area contributed by atoms with Crippen LogP contribution >= 0.6 is 15.6 Å². The van der Waals surface area contributed by atoms with Gasteiger partial charge < -0.3 is 0 Å². The largest absolute Gasteiger partial charge is 2.00 e. The average Bonchev–Trinajstić information content (AvgIpc) is 2.40. The smallest absolute Gasteiger partial charge is 0.254 e. The van der Waals surface area contributed by atoms with Crippen molar-refractivity contribution in [3.8, 4) is 0 Å². The first kappa shape index (κ1) is 27.7. The Labute approximate surface area is 166 Å². The number of hydrogen-bond donors (Lipinski definition) is 0. The van der Waals surface area contributed by atoms with Gasteiger partial charge in [0.25, 0.3) is 0 Å². The van der Waals surface area contributed by atoms with Crippen molar-refractivity contribution in [2.75, 3.05) is 0 Å². The first-order chi connectivity index (χ1) is 11.8. The molecule has 0 N–H and O–H groups in total. The summed E-state index contributed by atoms with van der Waals surface area (Å²) in [4.78, 5) is 8.69. The van der Waals surface area contributed by atoms with Crippen LogP contribution in [0, 0.1) is 0 Å². The third kappa shape index (κ3) is 18.5. The van der Waals surface area contributed by atoms with Crippen LogP contribution in [0.5, 0.6) is 0 Å². The summed E-state index contributed by atoms with van der Waals surface area (Å²) in [5.74, 6) is 0. The Kier molecular flexibility index (Phi) is 6.54. The van der Waals surface area contributed by atoms with Gasteiger partial charge in [0.05, 0.1) is 11.0 Å². The van der Waals surface area contributed by atoms with E-state index < -0.39 is 15.6 Å². The Morgan fingerprint density at radius 1 is 0.483 bits per heavy atom. The van der Waals surface area contributed by atoms with Gasteiger partial charge in [-0.15, -0.1) is 0 Å². The number of fused-ring (bicyclic) bond motifs is 3. The molecule has 3 rings (SSSR count). The number of benzene rings is 1. The number of hydrogen-bond acceptors (Lipinski definition) is 2. The van der Waals surface area contributed by atoms with Crippen LogP contribution in [0.3, 0.4) is 0 Å². The predicted molar refractivity (Wildman–Crippen MR) is 84.2 cm³/mol. The van der Waals surface area contributed by atoms with Crippen molar-refractivity contribution in [2.45, 2.75) is 0 Å².